The molecule has 2 aliphatic rings. The van der Waals surface area contributed by atoms with Crippen LogP contribution in [0.3, 0.4) is 0 Å². The zero-order valence-electron chi connectivity index (χ0n) is 14.6. The predicted octanol–water partition coefficient (Wildman–Crippen LogP) is 1.90. The lowest BCUT2D eigenvalue weighted by Gasteiger charge is -2.40. The van der Waals surface area contributed by atoms with Crippen molar-refractivity contribution in [3.63, 3.8) is 0 Å². The topological polar surface area (TPSA) is 96.8 Å². The van der Waals surface area contributed by atoms with Gasteiger partial charge in [0, 0.05) is 11.8 Å². The molecule has 0 bridgehead atoms. The third-order valence-electron chi connectivity index (χ3n) is 4.83. The number of fused-ring (bicyclic) bond motifs is 1. The number of aromatic nitrogens is 1. The van der Waals surface area contributed by atoms with E-state index in [0.717, 1.165) is 0 Å². The van der Waals surface area contributed by atoms with Gasteiger partial charge in [-0.05, 0) is 30.0 Å². The molecule has 0 aliphatic carbocycles. The van der Waals surface area contributed by atoms with E-state index in [0.29, 0.717) is 17.7 Å². The summed E-state index contributed by atoms with van der Waals surface area (Å²) in [6.07, 6.45) is 5.10. The molecule has 2 fully saturated rings. The van der Waals surface area contributed by atoms with Crippen molar-refractivity contribution in [2.45, 2.75) is 32.4 Å². The van der Waals surface area contributed by atoms with Crippen LogP contribution in [0.5, 0.6) is 0 Å². The van der Waals surface area contributed by atoms with Gasteiger partial charge in [-0.1, -0.05) is 26.5 Å². The highest BCUT2D eigenvalue weighted by Crippen LogP contribution is 2.49. The van der Waals surface area contributed by atoms with E-state index in [-0.39, 0.29) is 24.1 Å². The molecular weight excluding hydrogens is 336 g/mol. The summed E-state index contributed by atoms with van der Waals surface area (Å²) in [6, 6.07) is 2.06. The molecular formula is C19H20N2O5. The van der Waals surface area contributed by atoms with Gasteiger partial charge in [0.25, 0.3) is 5.91 Å². The van der Waals surface area contributed by atoms with Crippen LogP contribution in [0, 0.1) is 5.41 Å². The number of pyridine rings is 1. The van der Waals surface area contributed by atoms with Crippen molar-refractivity contribution in [2.75, 3.05) is 6.61 Å². The molecule has 7 nitrogen and oxygen atoms in total. The number of carbonyl (C=O) groups is 3. The second-order valence-electron chi connectivity index (χ2n) is 7.08. The molecule has 136 valence electrons. The summed E-state index contributed by atoms with van der Waals surface area (Å²) in [5.74, 6) is -1.89. The van der Waals surface area contributed by atoms with E-state index in [1.54, 1.807) is 18.2 Å². The number of amides is 1. The average Bonchev–Trinajstić information content (AvgIpc) is 2.86. The Kier molecular flexibility index (Phi) is 4.39. The first-order valence-electron chi connectivity index (χ1n) is 8.28. The quantitative estimate of drug-likeness (QED) is 0.375. The number of rotatable bonds is 5. The molecule has 3 rings (SSSR count). The number of aliphatic carboxylic acids is 1. The minimum atomic E-state index is -1.00. The van der Waals surface area contributed by atoms with Crippen molar-refractivity contribution >= 4 is 23.9 Å². The molecule has 2 atom stereocenters. The SMILES string of the molecule is C=CCOC(=O)c1cccnc1/C=C1/C(=O)N2C1CC(C)(C)[C@@H]2C(=O)O. The Morgan fingerprint density at radius 3 is 2.88 bits per heavy atom. The van der Waals surface area contributed by atoms with Gasteiger partial charge in [-0.3, -0.25) is 9.78 Å². The number of hydrogen-bond donors (Lipinski definition) is 1. The van der Waals surface area contributed by atoms with Crippen LogP contribution >= 0.6 is 0 Å². The highest BCUT2D eigenvalue weighted by atomic mass is 16.5. The van der Waals surface area contributed by atoms with Gasteiger partial charge >= 0.3 is 11.9 Å². The Bertz CT molecular complexity index is 827. The molecule has 3 heterocycles. The molecule has 0 aromatic carbocycles. The first-order chi connectivity index (χ1) is 12.3. The molecule has 0 saturated carbocycles. The summed E-state index contributed by atoms with van der Waals surface area (Å²) in [4.78, 5) is 41.8. The maximum Gasteiger partial charge on any atom is 0.340 e. The van der Waals surface area contributed by atoms with Crippen molar-refractivity contribution in [3.8, 4) is 0 Å². The van der Waals surface area contributed by atoms with Crippen LogP contribution in [0.15, 0.2) is 36.6 Å². The fourth-order valence-corrected chi connectivity index (χ4v) is 3.68. The number of carbonyl (C=O) groups excluding carboxylic acids is 2. The van der Waals surface area contributed by atoms with E-state index < -0.39 is 23.4 Å². The second kappa shape index (κ2) is 6.40. The van der Waals surface area contributed by atoms with Crippen molar-refractivity contribution in [2.24, 2.45) is 5.41 Å². The Balaban J connectivity index is 1.92. The van der Waals surface area contributed by atoms with Crippen molar-refractivity contribution in [3.05, 3.63) is 47.8 Å². The van der Waals surface area contributed by atoms with E-state index in [2.05, 4.69) is 11.6 Å². The zero-order chi connectivity index (χ0) is 19.1. The lowest BCUT2D eigenvalue weighted by Crippen LogP contribution is -2.57. The molecule has 1 N–H and O–H groups in total. The van der Waals surface area contributed by atoms with Crippen LogP contribution in [-0.4, -0.2) is 51.5 Å². The van der Waals surface area contributed by atoms with Gasteiger partial charge in [-0.2, -0.15) is 0 Å². The highest BCUT2D eigenvalue weighted by molar-refractivity contribution is 6.09. The molecule has 1 aromatic rings. The largest absolute Gasteiger partial charge is 0.480 e. The van der Waals surface area contributed by atoms with Crippen molar-refractivity contribution in [1.82, 2.24) is 9.88 Å². The van der Waals surface area contributed by atoms with Gasteiger partial charge < -0.3 is 14.7 Å². The van der Waals surface area contributed by atoms with E-state index in [1.165, 1.54) is 17.2 Å². The third kappa shape index (κ3) is 2.79. The maximum absolute atomic E-state index is 12.5. The smallest absolute Gasteiger partial charge is 0.340 e. The molecule has 1 unspecified atom stereocenters. The summed E-state index contributed by atoms with van der Waals surface area (Å²) in [6.45, 7) is 7.26. The highest BCUT2D eigenvalue weighted by Gasteiger charge is 2.60. The lowest BCUT2D eigenvalue weighted by atomic mass is 9.83. The molecule has 26 heavy (non-hydrogen) atoms. The monoisotopic (exact) mass is 356 g/mol. The first-order valence-corrected chi connectivity index (χ1v) is 8.28. The minimum absolute atomic E-state index is 0.0769. The van der Waals surface area contributed by atoms with Crippen LogP contribution in [0.2, 0.25) is 0 Å². The van der Waals surface area contributed by atoms with Crippen LogP contribution in [0.4, 0.5) is 0 Å². The number of carboxylic acids is 1. The molecule has 0 radical (unpaired) electrons. The predicted molar refractivity (Wildman–Crippen MR) is 93.1 cm³/mol. The van der Waals surface area contributed by atoms with E-state index >= 15 is 0 Å². The van der Waals surface area contributed by atoms with Crippen molar-refractivity contribution in [1.29, 1.82) is 0 Å². The molecule has 2 aliphatic heterocycles. The van der Waals surface area contributed by atoms with Crippen LogP contribution < -0.4 is 0 Å². The molecule has 2 saturated heterocycles. The normalized spacial score (nSPS) is 24.8. The summed E-state index contributed by atoms with van der Waals surface area (Å²) in [5.41, 5.74) is 0.525. The number of carboxylic acid groups (broad SMARTS) is 1. The Hall–Kier alpha value is -2.96. The van der Waals surface area contributed by atoms with Crippen LogP contribution in [0.25, 0.3) is 6.08 Å². The third-order valence-corrected chi connectivity index (χ3v) is 4.83. The van der Waals surface area contributed by atoms with Gasteiger partial charge in [-0.15, -0.1) is 0 Å². The van der Waals surface area contributed by atoms with Crippen LogP contribution in [-0.2, 0) is 14.3 Å². The van der Waals surface area contributed by atoms with E-state index in [1.807, 2.05) is 13.8 Å². The molecule has 1 amide bonds. The Morgan fingerprint density at radius 2 is 2.23 bits per heavy atom. The standard InChI is InChI=1S/C19H20N2O5/c1-4-8-26-18(25)11-6-5-7-20-13(11)9-12-14-10-19(2,3)15(17(23)24)21(14)16(12)22/h4-7,9,14-15H,1,8,10H2,2-3H3,(H,23,24)/b12-9+/t14?,15-/m0/s1. The first kappa shape index (κ1) is 17.8. The molecule has 1 aromatic heterocycles. The fourth-order valence-electron chi connectivity index (χ4n) is 3.68. The Labute approximate surface area is 151 Å². The van der Waals surface area contributed by atoms with Crippen LogP contribution in [0.1, 0.15) is 36.3 Å². The summed E-state index contributed by atoms with van der Waals surface area (Å²) in [7, 11) is 0. The van der Waals surface area contributed by atoms with Gasteiger partial charge in [0.15, 0.2) is 0 Å². The number of esters is 1. The van der Waals surface area contributed by atoms with Gasteiger partial charge in [-0.25, -0.2) is 9.59 Å². The Morgan fingerprint density at radius 1 is 1.50 bits per heavy atom. The number of hydrogen-bond acceptors (Lipinski definition) is 5. The summed E-state index contributed by atoms with van der Waals surface area (Å²) in [5, 5.41) is 9.47. The van der Waals surface area contributed by atoms with Gasteiger partial charge in [0.05, 0.1) is 17.3 Å². The summed E-state index contributed by atoms with van der Waals surface area (Å²) >= 11 is 0. The average molecular weight is 356 g/mol. The fraction of sp³-hybridized carbons (Fsp3) is 0.368. The lowest BCUT2D eigenvalue weighted by molar-refractivity contribution is -0.154. The number of ether oxygens (including phenoxy) is 1. The summed E-state index contributed by atoms with van der Waals surface area (Å²) < 4.78 is 5.05. The maximum atomic E-state index is 12.5. The number of nitrogens with zero attached hydrogens (tertiary/aromatic N) is 2. The number of β-lactam (4-membered cyclic amide) rings is 1. The van der Waals surface area contributed by atoms with E-state index in [4.69, 9.17) is 4.74 Å². The van der Waals surface area contributed by atoms with E-state index in [9.17, 15) is 19.5 Å². The molecule has 0 spiro atoms. The van der Waals surface area contributed by atoms with Crippen molar-refractivity contribution < 1.29 is 24.2 Å². The van der Waals surface area contributed by atoms with Gasteiger partial charge in [0.2, 0.25) is 0 Å². The second-order valence-corrected chi connectivity index (χ2v) is 7.08. The van der Waals surface area contributed by atoms with Gasteiger partial charge in [0.1, 0.15) is 12.6 Å². The molecule has 7 heteroatoms. The minimum Gasteiger partial charge on any atom is -0.480 e. The zero-order valence-corrected chi connectivity index (χ0v) is 14.6.